The van der Waals surface area contributed by atoms with E-state index in [0.29, 0.717) is 17.9 Å². The van der Waals surface area contributed by atoms with E-state index in [9.17, 15) is 14.9 Å². The van der Waals surface area contributed by atoms with E-state index in [4.69, 9.17) is 5.73 Å². The Morgan fingerprint density at radius 3 is 3.00 bits per heavy atom. The number of hydrogen-bond acceptors (Lipinski definition) is 5. The van der Waals surface area contributed by atoms with Crippen LogP contribution < -0.4 is 11.3 Å². The molecule has 19 heavy (non-hydrogen) atoms. The second kappa shape index (κ2) is 4.13. The molecule has 1 aliphatic heterocycles. The predicted molar refractivity (Wildman–Crippen MR) is 68.8 cm³/mol. The second-order valence-corrected chi connectivity index (χ2v) is 4.63. The first-order valence-corrected chi connectivity index (χ1v) is 6.02. The van der Waals surface area contributed by atoms with Gasteiger partial charge in [0.1, 0.15) is 5.82 Å². The number of non-ortho nitro benzene ring substituents is 1. The van der Waals surface area contributed by atoms with Crippen LogP contribution in [0.5, 0.6) is 0 Å². The molecule has 0 saturated carbocycles. The minimum absolute atomic E-state index is 0.105. The first-order chi connectivity index (χ1) is 9.08. The van der Waals surface area contributed by atoms with E-state index < -0.39 is 4.92 Å². The zero-order valence-electron chi connectivity index (χ0n) is 10.1. The minimum atomic E-state index is -0.519. The molecule has 0 amide bonds. The van der Waals surface area contributed by atoms with Gasteiger partial charge in [-0.2, -0.15) is 0 Å². The van der Waals surface area contributed by atoms with Gasteiger partial charge in [0.2, 0.25) is 0 Å². The molecule has 1 aromatic carbocycles. The topological polar surface area (TPSA) is 104 Å². The molecule has 1 atom stereocenters. The number of rotatable bonds is 1. The van der Waals surface area contributed by atoms with E-state index in [1.54, 1.807) is 0 Å². The number of aromatic nitrogens is 2. The Kier molecular flexibility index (Phi) is 2.56. The van der Waals surface area contributed by atoms with Gasteiger partial charge in [0, 0.05) is 18.7 Å². The van der Waals surface area contributed by atoms with Crippen molar-refractivity contribution in [1.82, 2.24) is 9.55 Å². The van der Waals surface area contributed by atoms with Crippen molar-refractivity contribution in [3.05, 3.63) is 44.5 Å². The first kappa shape index (κ1) is 11.8. The summed E-state index contributed by atoms with van der Waals surface area (Å²) < 4.78 is 1.53. The lowest BCUT2D eigenvalue weighted by Gasteiger charge is -2.23. The van der Waals surface area contributed by atoms with Crippen LogP contribution in [0.4, 0.5) is 5.69 Å². The van der Waals surface area contributed by atoms with Crippen LogP contribution in [0.15, 0.2) is 23.0 Å². The van der Waals surface area contributed by atoms with Crippen LogP contribution in [0.2, 0.25) is 0 Å². The molecule has 7 heteroatoms. The van der Waals surface area contributed by atoms with E-state index in [1.165, 1.54) is 22.8 Å². The normalized spacial score (nSPS) is 18.3. The zero-order valence-corrected chi connectivity index (χ0v) is 10.1. The largest absolute Gasteiger partial charge is 0.321 e. The fourth-order valence-electron chi connectivity index (χ4n) is 2.44. The Balaban J connectivity index is 2.33. The predicted octanol–water partition coefficient (Wildman–Crippen LogP) is 1.10. The lowest BCUT2D eigenvalue weighted by atomic mass is 10.1. The number of benzene rings is 1. The molecule has 1 aliphatic rings. The summed E-state index contributed by atoms with van der Waals surface area (Å²) in [5.74, 6) is 0.567. The second-order valence-electron chi connectivity index (χ2n) is 4.63. The molecule has 0 bridgehead atoms. The van der Waals surface area contributed by atoms with Gasteiger partial charge in [-0.25, -0.2) is 4.98 Å². The van der Waals surface area contributed by atoms with Gasteiger partial charge in [0.05, 0.1) is 21.9 Å². The van der Waals surface area contributed by atoms with E-state index in [0.717, 1.165) is 12.8 Å². The van der Waals surface area contributed by atoms with Gasteiger partial charge >= 0.3 is 0 Å². The van der Waals surface area contributed by atoms with Crippen molar-refractivity contribution in [2.24, 2.45) is 5.73 Å². The number of fused-ring (bicyclic) bond motifs is 2. The SMILES string of the molecule is NC1CCCn2c1nc1ccc([N+](=O)[O-])cc1c2=O. The third-order valence-corrected chi connectivity index (χ3v) is 3.41. The third-order valence-electron chi connectivity index (χ3n) is 3.41. The van der Waals surface area contributed by atoms with Crippen LogP contribution in [0.25, 0.3) is 10.9 Å². The highest BCUT2D eigenvalue weighted by Crippen LogP contribution is 2.23. The van der Waals surface area contributed by atoms with E-state index >= 15 is 0 Å². The number of hydrogen-bond donors (Lipinski definition) is 1. The van der Waals surface area contributed by atoms with Crippen LogP contribution in [0, 0.1) is 10.1 Å². The molecule has 7 nitrogen and oxygen atoms in total. The molecule has 0 radical (unpaired) electrons. The Morgan fingerprint density at radius 2 is 2.26 bits per heavy atom. The third kappa shape index (κ3) is 1.78. The van der Waals surface area contributed by atoms with Gasteiger partial charge in [-0.1, -0.05) is 0 Å². The summed E-state index contributed by atoms with van der Waals surface area (Å²) in [6.07, 6.45) is 1.61. The lowest BCUT2D eigenvalue weighted by molar-refractivity contribution is -0.384. The van der Waals surface area contributed by atoms with E-state index in [1.807, 2.05) is 0 Å². The standard InChI is InChI=1S/C12H12N4O3/c13-9-2-1-5-15-11(9)14-10-4-3-7(16(18)19)6-8(10)12(15)17/h3-4,6,9H,1-2,5,13H2. The molecule has 3 rings (SSSR count). The lowest BCUT2D eigenvalue weighted by Crippen LogP contribution is -2.33. The van der Waals surface area contributed by atoms with Crippen molar-refractivity contribution in [3.63, 3.8) is 0 Å². The van der Waals surface area contributed by atoms with Crippen LogP contribution in [-0.4, -0.2) is 14.5 Å². The monoisotopic (exact) mass is 260 g/mol. The molecule has 2 aromatic rings. The molecule has 1 aromatic heterocycles. The fourth-order valence-corrected chi connectivity index (χ4v) is 2.44. The molecular formula is C12H12N4O3. The Labute approximate surface area is 107 Å². The molecule has 98 valence electrons. The maximum Gasteiger partial charge on any atom is 0.270 e. The summed E-state index contributed by atoms with van der Waals surface area (Å²) in [5.41, 5.74) is 6.06. The zero-order chi connectivity index (χ0) is 13.6. The minimum Gasteiger partial charge on any atom is -0.321 e. The highest BCUT2D eigenvalue weighted by molar-refractivity contribution is 5.80. The molecule has 0 saturated heterocycles. The van der Waals surface area contributed by atoms with Gasteiger partial charge in [0.25, 0.3) is 11.2 Å². The molecule has 1 unspecified atom stereocenters. The van der Waals surface area contributed by atoms with Gasteiger partial charge in [-0.3, -0.25) is 19.5 Å². The average Bonchev–Trinajstić information content (AvgIpc) is 2.40. The number of nitro groups is 1. The molecule has 2 N–H and O–H groups in total. The van der Waals surface area contributed by atoms with Crippen molar-refractivity contribution in [1.29, 1.82) is 0 Å². The maximum atomic E-state index is 12.3. The summed E-state index contributed by atoms with van der Waals surface area (Å²) in [7, 11) is 0. The van der Waals surface area contributed by atoms with Crippen molar-refractivity contribution in [2.75, 3.05) is 0 Å². The van der Waals surface area contributed by atoms with E-state index in [-0.39, 0.29) is 22.7 Å². The molecule has 0 spiro atoms. The highest BCUT2D eigenvalue weighted by atomic mass is 16.6. The summed E-state index contributed by atoms with van der Waals surface area (Å²) in [5, 5.41) is 11.0. The summed E-state index contributed by atoms with van der Waals surface area (Å²) in [4.78, 5) is 26.9. The molecular weight excluding hydrogens is 248 g/mol. The van der Waals surface area contributed by atoms with Crippen LogP contribution in [-0.2, 0) is 6.54 Å². The molecule has 0 aliphatic carbocycles. The quantitative estimate of drug-likeness (QED) is 0.610. The van der Waals surface area contributed by atoms with E-state index in [2.05, 4.69) is 4.98 Å². The Morgan fingerprint density at radius 1 is 1.47 bits per heavy atom. The molecule has 0 fully saturated rings. The maximum absolute atomic E-state index is 12.3. The number of nitrogens with zero attached hydrogens (tertiary/aromatic N) is 3. The van der Waals surface area contributed by atoms with Gasteiger partial charge in [-0.05, 0) is 18.9 Å². The van der Waals surface area contributed by atoms with Crippen LogP contribution >= 0.6 is 0 Å². The first-order valence-electron chi connectivity index (χ1n) is 6.02. The Bertz CT molecular complexity index is 738. The number of nitro benzene ring substituents is 1. The molecule has 2 heterocycles. The van der Waals surface area contributed by atoms with Crippen molar-refractivity contribution in [3.8, 4) is 0 Å². The number of nitrogens with two attached hydrogens (primary N) is 1. The van der Waals surface area contributed by atoms with Gasteiger partial charge in [0.15, 0.2) is 0 Å². The van der Waals surface area contributed by atoms with Gasteiger partial charge < -0.3 is 5.73 Å². The fraction of sp³-hybridized carbons (Fsp3) is 0.333. The summed E-state index contributed by atoms with van der Waals surface area (Å²) in [6.45, 7) is 0.563. The average molecular weight is 260 g/mol. The Hall–Kier alpha value is -2.28. The summed E-state index contributed by atoms with van der Waals surface area (Å²) in [6, 6.07) is 3.87. The van der Waals surface area contributed by atoms with Crippen molar-refractivity contribution < 1.29 is 4.92 Å². The van der Waals surface area contributed by atoms with Gasteiger partial charge in [-0.15, -0.1) is 0 Å². The van der Waals surface area contributed by atoms with Crippen LogP contribution in [0.1, 0.15) is 24.7 Å². The highest BCUT2D eigenvalue weighted by Gasteiger charge is 2.21. The van der Waals surface area contributed by atoms with Crippen molar-refractivity contribution in [2.45, 2.75) is 25.4 Å². The van der Waals surface area contributed by atoms with Crippen LogP contribution in [0.3, 0.4) is 0 Å². The summed E-state index contributed by atoms with van der Waals surface area (Å²) >= 11 is 0. The smallest absolute Gasteiger partial charge is 0.270 e. The van der Waals surface area contributed by atoms with Crippen molar-refractivity contribution >= 4 is 16.6 Å².